The van der Waals surface area contributed by atoms with Gasteiger partial charge in [-0.3, -0.25) is 25.7 Å². The second kappa shape index (κ2) is 56.6. The van der Waals surface area contributed by atoms with Crippen LogP contribution in [0.5, 0.6) is 11.8 Å². The maximum absolute atomic E-state index is 9.02. The molecule has 2 aromatic heterocycles. The Bertz CT molecular complexity index is 2310. The number of carbonyl (C=O) groups excluding carboxylic acids is 2. The topological polar surface area (TPSA) is 125 Å². The van der Waals surface area contributed by atoms with Gasteiger partial charge in [-0.25, -0.2) is 9.97 Å². The van der Waals surface area contributed by atoms with E-state index in [-0.39, 0.29) is 82.4 Å². The fourth-order valence-corrected chi connectivity index (χ4v) is 32.4. The number of pyridine rings is 2. The molecule has 0 amide bonds. The van der Waals surface area contributed by atoms with Crippen molar-refractivity contribution in [3.05, 3.63) is 98.1 Å². The van der Waals surface area contributed by atoms with Crippen LogP contribution in [0.3, 0.4) is 0 Å². The summed E-state index contributed by atoms with van der Waals surface area (Å²) in [7, 11) is -0.383. The Morgan fingerprint density at radius 1 is 0.337 bits per heavy atom. The number of fused-ring (bicyclic) bond motifs is 2. The second-order valence-corrected chi connectivity index (χ2v) is 50.1. The van der Waals surface area contributed by atoms with Gasteiger partial charge in [-0.15, -0.1) is 0 Å². The molecular weight excluding hydrogens is 1450 g/mol. The van der Waals surface area contributed by atoms with Crippen LogP contribution in [-0.2, 0) is 48.5 Å². The van der Waals surface area contributed by atoms with Crippen molar-refractivity contribution in [3.63, 3.8) is 0 Å². The first-order valence-corrected chi connectivity index (χ1v) is 44.1. The number of benzene rings is 2. The van der Waals surface area contributed by atoms with E-state index in [2.05, 4.69) is 245 Å². The number of allylic oxidation sites excluding steroid dienone is 2. The van der Waals surface area contributed by atoms with Crippen molar-refractivity contribution in [2.24, 2.45) is 69.4 Å². The third-order valence-electron chi connectivity index (χ3n) is 19.5. The van der Waals surface area contributed by atoms with Crippen LogP contribution in [0, 0.1) is 72.3 Å². The van der Waals surface area contributed by atoms with Crippen molar-refractivity contribution in [1.82, 2.24) is 9.97 Å². The van der Waals surface area contributed by atoms with Crippen molar-refractivity contribution in [2.45, 2.75) is 327 Å². The van der Waals surface area contributed by atoms with Crippen LogP contribution in [0.4, 0.5) is 0 Å². The molecule has 4 unspecified atom stereocenters. The van der Waals surface area contributed by atoms with Gasteiger partial charge in [0.25, 0.3) is 0 Å². The number of rotatable bonds is 20. The maximum Gasteiger partial charge on any atom is 2.00 e. The van der Waals surface area contributed by atoms with E-state index in [0.29, 0.717) is 71.3 Å². The number of aromatic nitrogens is 2. The van der Waals surface area contributed by atoms with Crippen LogP contribution in [0.2, 0.25) is 0 Å². The summed E-state index contributed by atoms with van der Waals surface area (Å²) in [5.74, 6) is 5.80. The van der Waals surface area contributed by atoms with E-state index in [0.717, 1.165) is 115 Å². The van der Waals surface area contributed by atoms with Crippen molar-refractivity contribution < 1.29 is 58.8 Å². The van der Waals surface area contributed by atoms with Gasteiger partial charge >= 0.3 is 39.0 Å². The molecule has 8 nitrogen and oxygen atoms in total. The van der Waals surface area contributed by atoms with Crippen LogP contribution in [0.1, 0.15) is 247 Å². The number of aromatic hydroxyl groups is 2. The average molecular weight is 1610 g/mol. The average Bonchev–Trinajstić information content (AvgIpc) is 0.801. The van der Waals surface area contributed by atoms with E-state index >= 15 is 0 Å². The molecule has 4 atom stereocenters. The Morgan fingerprint density at radius 3 is 0.673 bits per heavy atom. The zero-order valence-corrected chi connectivity index (χ0v) is 75.8. The maximum atomic E-state index is 9.02. The zero-order chi connectivity index (χ0) is 75.2. The van der Waals surface area contributed by atoms with E-state index < -0.39 is 0 Å². The monoisotopic (exact) mass is 1610 g/mol. The minimum atomic E-state index is -0.0957. The predicted octanol–water partition coefficient (Wildman–Crippen LogP) is 25.1. The van der Waals surface area contributed by atoms with E-state index in [4.69, 9.17) is 43.2 Å². The standard InChI is InChI=1S/C28H48N2.2C9H7NO.4C9H21P.2CHO.2Ru/c1-11-21-13-23(17(3)4)27(24(14-21)18(5)6)29-30-28-25(19(7)8)15-22(12-2)16-26(28)20(9)10;2*11-9-6-5-7-3-1-2-4-8(7)10-9;4*1-7(2)10(8(3)4)9(5)6;2*1-2;;/h1-2,11-12,17-28H,13-16H2,3-10H3;2*1-6H,(H,10,11);4*7-9H,1-6H3;2*1H;;/q-2;;;;;;;2*-1;2*+2/p+4. The molecule has 0 saturated heterocycles. The summed E-state index contributed by atoms with van der Waals surface area (Å²) in [5, 5.41) is 30.6. The van der Waals surface area contributed by atoms with Crippen LogP contribution < -0.4 is 0 Å². The van der Waals surface area contributed by atoms with Crippen LogP contribution in [-0.4, -0.2) is 114 Å². The Morgan fingerprint density at radius 2 is 0.520 bits per heavy atom. The van der Waals surface area contributed by atoms with Gasteiger partial charge < -0.3 is 33.0 Å². The Hall–Kier alpha value is -1.75. The molecule has 0 spiro atoms. The summed E-state index contributed by atoms with van der Waals surface area (Å²) in [4.78, 5) is 23.4. The molecule has 98 heavy (non-hydrogen) atoms. The summed E-state index contributed by atoms with van der Waals surface area (Å²) in [6.45, 7) is 94.1. The van der Waals surface area contributed by atoms with Gasteiger partial charge in [0.2, 0.25) is 11.8 Å². The molecule has 2 aliphatic carbocycles. The molecule has 2 saturated carbocycles. The number of azo groups is 1. The Kier molecular flexibility index (Phi) is 60.6. The number of hydrogen-bond donors (Lipinski definition) is 2. The molecule has 4 aromatic rings. The second-order valence-electron chi connectivity index (χ2n) is 32.3. The summed E-state index contributed by atoms with van der Waals surface area (Å²) in [6, 6.07) is 22.8. The number of para-hydroxylation sites is 2. The molecule has 14 heteroatoms. The van der Waals surface area contributed by atoms with Gasteiger partial charge in [-0.2, -0.15) is 10.2 Å². The first kappa shape index (κ1) is 105. The summed E-state index contributed by atoms with van der Waals surface area (Å²) >= 11 is 0. The molecule has 0 radical (unpaired) electrons. The van der Waals surface area contributed by atoms with Crippen LogP contribution >= 0.6 is 31.7 Å². The third kappa shape index (κ3) is 39.9. The quantitative estimate of drug-likeness (QED) is 0.0299. The molecule has 2 heterocycles. The van der Waals surface area contributed by atoms with Crippen molar-refractivity contribution >= 4 is 67.1 Å². The van der Waals surface area contributed by atoms with Crippen LogP contribution in [0.15, 0.2) is 95.2 Å². The Balaban J connectivity index is -0.000000360. The largest absolute Gasteiger partial charge is 2.00 e. The van der Waals surface area contributed by atoms with E-state index in [9.17, 15) is 0 Å². The number of nitrogens with zero attached hydrogens (tertiary/aromatic N) is 4. The minimum absolute atomic E-state index is 0. The van der Waals surface area contributed by atoms with Gasteiger partial charge in [0.15, 0.2) is 0 Å². The summed E-state index contributed by atoms with van der Waals surface area (Å²) in [6.07, 6.45) is 8.47. The molecule has 0 bridgehead atoms. The van der Waals surface area contributed by atoms with Gasteiger partial charge in [0.05, 0.1) is 91.0 Å². The van der Waals surface area contributed by atoms with Crippen LogP contribution in [0.25, 0.3) is 21.8 Å². The minimum Gasteiger partial charge on any atom is -0.545 e. The van der Waals surface area contributed by atoms with Gasteiger partial charge in [0.1, 0.15) is 0 Å². The molecule has 6 rings (SSSR count). The first-order chi connectivity index (χ1) is 44.7. The number of hydrogen-bond acceptors (Lipinski definition) is 8. The predicted molar refractivity (Wildman–Crippen MR) is 444 cm³/mol. The smallest absolute Gasteiger partial charge is 0.545 e. The fourth-order valence-electron chi connectivity index (χ4n) is 16.4. The van der Waals surface area contributed by atoms with Crippen molar-refractivity contribution in [3.8, 4) is 11.8 Å². The Labute approximate surface area is 637 Å². The summed E-state index contributed by atoms with van der Waals surface area (Å²) in [5.41, 5.74) is 12.9. The molecule has 2 fully saturated rings. The summed E-state index contributed by atoms with van der Waals surface area (Å²) < 4.78 is 0. The van der Waals surface area contributed by atoms with Gasteiger partial charge in [-0.1, -0.05) is 104 Å². The molecular formula is C84H152N4O4P4Ru2+4. The van der Waals surface area contributed by atoms with E-state index in [1.54, 1.807) is 12.1 Å². The molecule has 2 aromatic carbocycles. The van der Waals surface area contributed by atoms with Crippen molar-refractivity contribution in [2.75, 3.05) is 0 Å². The molecule has 564 valence electrons. The van der Waals surface area contributed by atoms with E-state index in [1.807, 2.05) is 72.8 Å². The molecule has 2 N–H and O–H groups in total. The van der Waals surface area contributed by atoms with E-state index in [1.165, 1.54) is 0 Å². The fraction of sp³-hybridized carbons (Fsp3) is 0.714. The first-order valence-electron chi connectivity index (χ1n) is 37.2. The zero-order valence-electron chi connectivity index (χ0n) is 68.3. The SMILES string of the molecule is CC(C)[PH+](C(C)C)C(C)C.CC(C)[PH+](C(C)C)C(C)C.CC(C)[PH+](C(C)C)C(C)C.CC(C)[PH+](C(C)C)C(C)C.Oc1ccc2ccccc2n1.Oc1ccc2ccccc2n1.[CH-]=CC1CC(C(C)C)C(N=NC2C(C(C)C)CC(C=[CH-])CC2C(C)C)C(C(C)C)C1.[CH-]=O.[CH-]=O.[Ru+2].[Ru+2]. The van der Waals surface area contributed by atoms with Crippen molar-refractivity contribution in [1.29, 1.82) is 0 Å². The molecule has 0 aliphatic heterocycles. The molecule has 2 aliphatic rings. The van der Waals surface area contributed by atoms with Gasteiger partial charge in [0, 0.05) is 54.6 Å². The normalized spacial score (nSPS) is 19.2. The van der Waals surface area contributed by atoms with Gasteiger partial charge in [-0.05, 0) is 263 Å². The third-order valence-corrected chi connectivity index (χ3v) is 35.5.